The van der Waals surface area contributed by atoms with E-state index in [1.807, 2.05) is 5.32 Å². The van der Waals surface area contributed by atoms with Crippen molar-refractivity contribution in [3.8, 4) is 0 Å². The molecule has 0 saturated carbocycles. The van der Waals surface area contributed by atoms with Crippen molar-refractivity contribution >= 4 is 29.3 Å². The molecule has 35 heavy (non-hydrogen) atoms. The number of esters is 1. The van der Waals surface area contributed by atoms with Crippen molar-refractivity contribution in [3.05, 3.63) is 64.5 Å². The topological polar surface area (TPSA) is 134 Å². The molecule has 0 aliphatic rings. The molecule has 5 N–H and O–H groups in total. The summed E-state index contributed by atoms with van der Waals surface area (Å²) in [6, 6.07) is 3.94. The smallest absolute Gasteiger partial charge is 0.308 e. The fraction of sp³-hybridized carbons (Fsp3) is 0.273. The summed E-state index contributed by atoms with van der Waals surface area (Å²) in [5, 5.41) is 11.8. The van der Waals surface area contributed by atoms with Crippen LogP contribution in [0, 0.1) is 34.5 Å². The second kappa shape index (κ2) is 11.9. The lowest BCUT2D eigenvalue weighted by atomic mass is 10.0. The number of amides is 2. The lowest BCUT2D eigenvalue weighted by molar-refractivity contribution is -0.144. The van der Waals surface area contributed by atoms with Crippen molar-refractivity contribution in [3.63, 3.8) is 0 Å². The Morgan fingerprint density at radius 2 is 1.43 bits per heavy atom. The van der Waals surface area contributed by atoms with E-state index < -0.39 is 77.7 Å². The summed E-state index contributed by atoms with van der Waals surface area (Å²) >= 11 is 0. The van der Waals surface area contributed by atoms with Crippen LogP contribution in [0.5, 0.6) is 0 Å². The standard InChI is InChI=1S/C22H21F5N4O4/c1-2-35-15(34)9-12(16-17(23)19(25)21(27)20(26)18(16)24)31-14(33)8-7-13(32)30-11-5-3-10(4-6-11)22(28)29/h3-6,12H,2,7-9H2,1H3,(H3,28,29)(H,30,32)(H,31,33). The minimum absolute atomic E-state index is 0.135. The molecule has 0 spiro atoms. The first-order valence-electron chi connectivity index (χ1n) is 10.2. The number of amidine groups is 1. The Morgan fingerprint density at radius 1 is 0.914 bits per heavy atom. The average Bonchev–Trinajstić information content (AvgIpc) is 2.80. The van der Waals surface area contributed by atoms with Gasteiger partial charge >= 0.3 is 5.97 Å². The van der Waals surface area contributed by atoms with E-state index >= 15 is 0 Å². The minimum Gasteiger partial charge on any atom is -0.466 e. The zero-order valence-corrected chi connectivity index (χ0v) is 18.3. The second-order valence-corrected chi connectivity index (χ2v) is 7.15. The Kier molecular flexibility index (Phi) is 9.26. The number of carbonyl (C=O) groups excluding carboxylic acids is 3. The van der Waals surface area contributed by atoms with Gasteiger partial charge in [-0.1, -0.05) is 0 Å². The highest BCUT2D eigenvalue weighted by Crippen LogP contribution is 2.30. The van der Waals surface area contributed by atoms with Gasteiger partial charge in [0.05, 0.1) is 24.6 Å². The predicted molar refractivity (Wildman–Crippen MR) is 114 cm³/mol. The lowest BCUT2D eigenvalue weighted by Gasteiger charge is -2.20. The monoisotopic (exact) mass is 500 g/mol. The van der Waals surface area contributed by atoms with Crippen molar-refractivity contribution in [2.45, 2.75) is 32.2 Å². The Hall–Kier alpha value is -4.03. The molecule has 1 unspecified atom stereocenters. The zero-order valence-electron chi connectivity index (χ0n) is 18.3. The first-order chi connectivity index (χ1) is 16.5. The number of nitrogen functional groups attached to an aromatic ring is 1. The highest BCUT2D eigenvalue weighted by Gasteiger charge is 2.32. The number of rotatable bonds is 10. The van der Waals surface area contributed by atoms with Crippen LogP contribution in [0.1, 0.15) is 43.4 Å². The molecular formula is C22H21F5N4O4. The van der Waals surface area contributed by atoms with Gasteiger partial charge in [0.15, 0.2) is 23.3 Å². The summed E-state index contributed by atoms with van der Waals surface area (Å²) in [5.41, 5.74) is 4.68. The molecule has 0 fully saturated rings. The number of ether oxygens (including phenoxy) is 1. The van der Waals surface area contributed by atoms with Gasteiger partial charge in [-0.15, -0.1) is 0 Å². The molecule has 0 aliphatic carbocycles. The SMILES string of the molecule is CCOC(=O)CC(NC(=O)CCC(=O)Nc1ccc(C(=N)N)cc1)c1c(F)c(F)c(F)c(F)c1F. The fourth-order valence-corrected chi connectivity index (χ4v) is 2.99. The molecule has 0 bridgehead atoms. The molecule has 2 amide bonds. The predicted octanol–water partition coefficient (Wildman–Crippen LogP) is 3.20. The Labute approximate surface area is 196 Å². The van der Waals surface area contributed by atoms with Crippen molar-refractivity contribution in [1.82, 2.24) is 5.32 Å². The quantitative estimate of drug-likeness (QED) is 0.0993. The minimum atomic E-state index is -2.39. The molecule has 0 heterocycles. The number of hydrogen-bond acceptors (Lipinski definition) is 5. The second-order valence-electron chi connectivity index (χ2n) is 7.15. The van der Waals surface area contributed by atoms with E-state index in [9.17, 15) is 36.3 Å². The molecule has 0 saturated heterocycles. The number of nitrogens with two attached hydrogens (primary N) is 1. The molecule has 0 aliphatic heterocycles. The number of halogens is 5. The van der Waals surface area contributed by atoms with Gasteiger partial charge in [-0.2, -0.15) is 0 Å². The van der Waals surface area contributed by atoms with Crippen LogP contribution in [-0.2, 0) is 19.1 Å². The van der Waals surface area contributed by atoms with E-state index in [-0.39, 0.29) is 12.4 Å². The Bertz CT molecular complexity index is 1110. The van der Waals surface area contributed by atoms with Crippen LogP contribution in [0.3, 0.4) is 0 Å². The molecule has 0 radical (unpaired) electrons. The molecule has 1 atom stereocenters. The summed E-state index contributed by atoms with van der Waals surface area (Å²) in [6.07, 6.45) is -1.87. The van der Waals surface area contributed by atoms with Gasteiger partial charge in [-0.3, -0.25) is 19.8 Å². The van der Waals surface area contributed by atoms with Crippen LogP contribution >= 0.6 is 0 Å². The van der Waals surface area contributed by atoms with Gasteiger partial charge in [0, 0.05) is 24.1 Å². The van der Waals surface area contributed by atoms with Gasteiger partial charge in [0.1, 0.15) is 5.84 Å². The van der Waals surface area contributed by atoms with Crippen molar-refractivity contribution in [1.29, 1.82) is 5.41 Å². The van der Waals surface area contributed by atoms with Crippen LogP contribution < -0.4 is 16.4 Å². The third-order valence-corrected chi connectivity index (χ3v) is 4.66. The van der Waals surface area contributed by atoms with Crippen LogP contribution in [0.2, 0.25) is 0 Å². The van der Waals surface area contributed by atoms with Gasteiger partial charge in [-0.05, 0) is 31.2 Å². The maximum absolute atomic E-state index is 14.3. The van der Waals surface area contributed by atoms with E-state index in [0.717, 1.165) is 0 Å². The highest BCUT2D eigenvalue weighted by molar-refractivity contribution is 5.96. The lowest BCUT2D eigenvalue weighted by Crippen LogP contribution is -2.33. The number of carbonyl (C=O) groups is 3. The summed E-state index contributed by atoms with van der Waals surface area (Å²) < 4.78 is 73.9. The van der Waals surface area contributed by atoms with Crippen LogP contribution in [0.25, 0.3) is 0 Å². The highest BCUT2D eigenvalue weighted by atomic mass is 19.2. The Balaban J connectivity index is 2.13. The largest absolute Gasteiger partial charge is 0.466 e. The van der Waals surface area contributed by atoms with E-state index in [2.05, 4.69) is 10.1 Å². The average molecular weight is 500 g/mol. The summed E-state index contributed by atoms with van der Waals surface area (Å²) in [4.78, 5) is 36.2. The maximum atomic E-state index is 14.3. The summed E-state index contributed by atoms with van der Waals surface area (Å²) in [7, 11) is 0. The van der Waals surface area contributed by atoms with Crippen molar-refractivity contribution in [2.75, 3.05) is 11.9 Å². The molecule has 0 aromatic heterocycles. The van der Waals surface area contributed by atoms with Gasteiger partial charge in [-0.25, -0.2) is 22.0 Å². The van der Waals surface area contributed by atoms with E-state index in [1.165, 1.54) is 31.2 Å². The van der Waals surface area contributed by atoms with Crippen LogP contribution in [0.15, 0.2) is 24.3 Å². The first kappa shape index (κ1) is 27.2. The van der Waals surface area contributed by atoms with Crippen molar-refractivity contribution < 1.29 is 41.1 Å². The van der Waals surface area contributed by atoms with Gasteiger partial charge in [0.2, 0.25) is 17.6 Å². The van der Waals surface area contributed by atoms with E-state index in [1.54, 1.807) is 0 Å². The summed E-state index contributed by atoms with van der Waals surface area (Å²) in [5.74, 6) is -14.1. The van der Waals surface area contributed by atoms with Crippen LogP contribution in [-0.4, -0.2) is 30.2 Å². The summed E-state index contributed by atoms with van der Waals surface area (Å²) in [6.45, 7) is 1.29. The zero-order chi connectivity index (χ0) is 26.3. The van der Waals surface area contributed by atoms with E-state index in [0.29, 0.717) is 11.3 Å². The number of benzene rings is 2. The number of nitrogens with one attached hydrogen (secondary N) is 3. The maximum Gasteiger partial charge on any atom is 0.308 e. The van der Waals surface area contributed by atoms with Crippen molar-refractivity contribution in [2.24, 2.45) is 5.73 Å². The first-order valence-corrected chi connectivity index (χ1v) is 10.2. The number of anilines is 1. The Morgan fingerprint density at radius 3 is 1.94 bits per heavy atom. The molecule has 2 aromatic carbocycles. The van der Waals surface area contributed by atoms with Crippen LogP contribution in [0.4, 0.5) is 27.6 Å². The molecule has 2 rings (SSSR count). The normalized spacial score (nSPS) is 11.5. The molecule has 13 heteroatoms. The molecule has 8 nitrogen and oxygen atoms in total. The van der Waals surface area contributed by atoms with Gasteiger partial charge < -0.3 is 21.1 Å². The third-order valence-electron chi connectivity index (χ3n) is 4.66. The molecular weight excluding hydrogens is 479 g/mol. The molecule has 188 valence electrons. The number of hydrogen-bond donors (Lipinski definition) is 4. The molecule has 2 aromatic rings. The van der Waals surface area contributed by atoms with Gasteiger partial charge in [0.25, 0.3) is 0 Å². The fourth-order valence-electron chi connectivity index (χ4n) is 2.99. The third kappa shape index (κ3) is 6.98. The van der Waals surface area contributed by atoms with E-state index in [4.69, 9.17) is 11.1 Å².